The van der Waals surface area contributed by atoms with E-state index in [4.69, 9.17) is 4.28 Å². The molecule has 0 amide bonds. The van der Waals surface area contributed by atoms with E-state index in [1.807, 2.05) is 24.3 Å². The minimum absolute atomic E-state index is 0.725. The van der Waals surface area contributed by atoms with E-state index >= 15 is 0 Å². The topological polar surface area (TPSA) is 33.6 Å². The van der Waals surface area contributed by atoms with Crippen molar-refractivity contribution in [2.75, 3.05) is 0 Å². The maximum Gasteiger partial charge on any atom is 0.208 e. The summed E-state index contributed by atoms with van der Waals surface area (Å²) in [5, 5.41) is 6.28. The first kappa shape index (κ1) is 10.2. The lowest BCUT2D eigenvalue weighted by atomic mass is 10.1. The largest absolute Gasteiger partial charge is 0.297 e. The average Bonchev–Trinajstić information content (AvgIpc) is 2.89. The molecule has 1 aliphatic heterocycles. The molecule has 0 saturated heterocycles. The number of benzene rings is 2. The van der Waals surface area contributed by atoms with Gasteiger partial charge in [0.25, 0.3) is 0 Å². The minimum Gasteiger partial charge on any atom is -0.297 e. The van der Waals surface area contributed by atoms with Gasteiger partial charge >= 0.3 is 0 Å². The molecular weight excluding hydrogens is 232 g/mol. The lowest BCUT2D eigenvalue weighted by Crippen LogP contribution is -2.05. The second kappa shape index (κ2) is 4.51. The molecule has 84 valence electrons. The van der Waals surface area contributed by atoms with Gasteiger partial charge < -0.3 is 0 Å². The van der Waals surface area contributed by atoms with E-state index in [9.17, 15) is 0 Å². The van der Waals surface area contributed by atoms with Crippen molar-refractivity contribution < 1.29 is 4.28 Å². The van der Waals surface area contributed by atoms with Gasteiger partial charge in [-0.25, -0.2) is 0 Å². The molecule has 0 spiro atoms. The van der Waals surface area contributed by atoms with Gasteiger partial charge in [0.1, 0.15) is 0 Å². The van der Waals surface area contributed by atoms with Crippen molar-refractivity contribution in [2.24, 2.45) is 5.16 Å². The van der Waals surface area contributed by atoms with Crippen molar-refractivity contribution in [3.63, 3.8) is 0 Å². The Morgan fingerprint density at radius 1 is 1.06 bits per heavy atom. The highest BCUT2D eigenvalue weighted by Gasteiger charge is 2.03. The molecule has 0 aliphatic carbocycles. The Bertz CT molecular complexity index is 607. The van der Waals surface area contributed by atoms with E-state index in [0.717, 1.165) is 23.6 Å². The summed E-state index contributed by atoms with van der Waals surface area (Å²) in [5.74, 6) is 0.725. The number of fused-ring (bicyclic) bond motifs is 1. The Morgan fingerprint density at radius 2 is 1.94 bits per heavy atom. The molecule has 0 bridgehead atoms. The minimum atomic E-state index is 0.725. The van der Waals surface area contributed by atoms with Crippen molar-refractivity contribution in [2.45, 2.75) is 0 Å². The standard InChI is InChI=1S/C13H10N2OS/c1-2-4-12-9-10(5-7-11(12)3-1)6-8-13-14-16-17-15-13/h1-9H,(H,14,15). The van der Waals surface area contributed by atoms with Crippen LogP contribution >= 0.6 is 12.2 Å². The van der Waals surface area contributed by atoms with Gasteiger partial charge in [0.15, 0.2) is 5.84 Å². The monoisotopic (exact) mass is 242 g/mol. The fourth-order valence-corrected chi connectivity index (χ4v) is 2.04. The molecule has 17 heavy (non-hydrogen) atoms. The second-order valence-electron chi connectivity index (χ2n) is 3.68. The van der Waals surface area contributed by atoms with Crippen molar-refractivity contribution in [1.29, 1.82) is 0 Å². The molecule has 2 aromatic rings. The highest BCUT2D eigenvalue weighted by atomic mass is 32.2. The zero-order chi connectivity index (χ0) is 11.5. The Labute approximate surface area is 103 Å². The predicted molar refractivity (Wildman–Crippen MR) is 72.2 cm³/mol. The molecule has 0 fully saturated rings. The third-order valence-electron chi connectivity index (χ3n) is 2.53. The summed E-state index contributed by atoms with van der Waals surface area (Å²) >= 11 is 1.11. The maximum atomic E-state index is 4.76. The van der Waals surface area contributed by atoms with Crippen LogP contribution < -0.4 is 4.72 Å². The SMILES string of the molecule is C(=Cc1ccc2ccccc2c1)C1=NOSN1. The van der Waals surface area contributed by atoms with Crippen LogP contribution in [-0.4, -0.2) is 5.84 Å². The molecule has 0 atom stereocenters. The fraction of sp³-hybridized carbons (Fsp3) is 0. The normalized spacial score (nSPS) is 14.7. The van der Waals surface area contributed by atoms with Crippen molar-refractivity contribution in [1.82, 2.24) is 4.72 Å². The Morgan fingerprint density at radius 3 is 2.76 bits per heavy atom. The van der Waals surface area contributed by atoms with Gasteiger partial charge in [-0.05, 0) is 33.6 Å². The van der Waals surface area contributed by atoms with Gasteiger partial charge in [-0.1, -0.05) is 42.5 Å². The van der Waals surface area contributed by atoms with Gasteiger partial charge in [-0.15, -0.1) is 0 Å². The maximum absolute atomic E-state index is 4.76. The number of oxime groups is 1. The van der Waals surface area contributed by atoms with Crippen LogP contribution in [0.4, 0.5) is 0 Å². The van der Waals surface area contributed by atoms with Crippen LogP contribution in [0.5, 0.6) is 0 Å². The first-order valence-corrected chi connectivity index (χ1v) is 5.99. The highest BCUT2D eigenvalue weighted by molar-refractivity contribution is 7.93. The average molecular weight is 242 g/mol. The van der Waals surface area contributed by atoms with Crippen LogP contribution in [-0.2, 0) is 4.28 Å². The predicted octanol–water partition coefficient (Wildman–Crippen LogP) is 3.35. The third-order valence-corrected chi connectivity index (χ3v) is 2.97. The molecule has 1 aliphatic rings. The van der Waals surface area contributed by atoms with Gasteiger partial charge in [0, 0.05) is 0 Å². The summed E-state index contributed by atoms with van der Waals surface area (Å²) < 4.78 is 7.68. The molecule has 2 aromatic carbocycles. The van der Waals surface area contributed by atoms with Crippen LogP contribution in [0, 0.1) is 0 Å². The number of nitrogens with zero attached hydrogens (tertiary/aromatic N) is 1. The van der Waals surface area contributed by atoms with Gasteiger partial charge in [-0.2, -0.15) is 0 Å². The van der Waals surface area contributed by atoms with Gasteiger partial charge in [0.05, 0.1) is 0 Å². The quantitative estimate of drug-likeness (QED) is 0.647. The molecule has 0 unspecified atom stereocenters. The highest BCUT2D eigenvalue weighted by Crippen LogP contribution is 2.16. The van der Waals surface area contributed by atoms with E-state index < -0.39 is 0 Å². The summed E-state index contributed by atoms with van der Waals surface area (Å²) in [4.78, 5) is 0. The van der Waals surface area contributed by atoms with Crippen LogP contribution in [0.2, 0.25) is 0 Å². The molecule has 3 rings (SSSR count). The van der Waals surface area contributed by atoms with Crippen LogP contribution in [0.3, 0.4) is 0 Å². The molecular formula is C13H10N2OS. The lowest BCUT2D eigenvalue weighted by Gasteiger charge is -1.98. The molecule has 0 radical (unpaired) electrons. The number of amidine groups is 1. The molecule has 0 saturated carbocycles. The first-order valence-electron chi connectivity index (χ1n) is 5.25. The van der Waals surface area contributed by atoms with E-state index in [1.54, 1.807) is 0 Å². The molecule has 1 heterocycles. The van der Waals surface area contributed by atoms with E-state index in [-0.39, 0.29) is 0 Å². The summed E-state index contributed by atoms with van der Waals surface area (Å²) in [6, 6.07) is 14.7. The number of nitrogens with one attached hydrogen (secondary N) is 1. The van der Waals surface area contributed by atoms with E-state index in [0.29, 0.717) is 0 Å². The van der Waals surface area contributed by atoms with Gasteiger partial charge in [-0.3, -0.25) is 9.01 Å². The van der Waals surface area contributed by atoms with Crippen LogP contribution in [0.25, 0.3) is 16.8 Å². The van der Waals surface area contributed by atoms with Crippen molar-refractivity contribution >= 4 is 34.9 Å². The van der Waals surface area contributed by atoms with E-state index in [1.165, 1.54) is 10.8 Å². The van der Waals surface area contributed by atoms with Crippen molar-refractivity contribution in [3.8, 4) is 0 Å². The Kier molecular flexibility index (Phi) is 2.71. The van der Waals surface area contributed by atoms with Gasteiger partial charge in [0.2, 0.25) is 12.2 Å². The Hall–Kier alpha value is -1.94. The summed E-state index contributed by atoms with van der Waals surface area (Å²) in [6.45, 7) is 0. The molecule has 1 N–H and O–H groups in total. The number of rotatable bonds is 2. The van der Waals surface area contributed by atoms with E-state index in [2.05, 4.69) is 40.2 Å². The number of hydrogen-bond donors (Lipinski definition) is 1. The molecule has 4 heteroatoms. The molecule has 3 nitrogen and oxygen atoms in total. The summed E-state index contributed by atoms with van der Waals surface area (Å²) in [7, 11) is 0. The van der Waals surface area contributed by atoms with Crippen molar-refractivity contribution in [3.05, 3.63) is 54.1 Å². The van der Waals surface area contributed by atoms with Crippen LogP contribution in [0.15, 0.2) is 53.7 Å². The smallest absolute Gasteiger partial charge is 0.208 e. The Balaban J connectivity index is 1.90. The third kappa shape index (κ3) is 2.26. The van der Waals surface area contributed by atoms with Crippen LogP contribution in [0.1, 0.15) is 5.56 Å². The summed E-state index contributed by atoms with van der Waals surface area (Å²) in [5.41, 5.74) is 1.14. The lowest BCUT2D eigenvalue weighted by molar-refractivity contribution is 0.416. The number of hydrogen-bond acceptors (Lipinski definition) is 4. The molecule has 0 aromatic heterocycles. The first-order chi connectivity index (χ1) is 8.42. The second-order valence-corrected chi connectivity index (χ2v) is 4.20. The zero-order valence-electron chi connectivity index (χ0n) is 8.96. The fourth-order valence-electron chi connectivity index (χ4n) is 1.69. The zero-order valence-corrected chi connectivity index (χ0v) is 9.78. The summed E-state index contributed by atoms with van der Waals surface area (Å²) in [6.07, 6.45) is 3.90.